The fraction of sp³-hybridized carbons (Fsp3) is 0.154. The Balaban J connectivity index is 2.51. The number of carbonyl (C=O) groups is 1. The first-order chi connectivity index (χ1) is 8.72. The number of ether oxygens (including phenoxy) is 1. The van der Waals surface area contributed by atoms with E-state index in [4.69, 9.17) is 16.3 Å². The predicted octanol–water partition coefficient (Wildman–Crippen LogP) is 2.97. The number of hydrogen-bond acceptors (Lipinski definition) is 4. The highest BCUT2D eigenvalue weighted by molar-refractivity contribution is 6.30. The van der Waals surface area contributed by atoms with E-state index in [1.54, 1.807) is 31.5 Å². The van der Waals surface area contributed by atoms with Crippen molar-refractivity contribution in [2.45, 2.75) is 6.92 Å². The molecule has 2 heterocycles. The maximum Gasteiger partial charge on any atom is 0.357 e. The van der Waals surface area contributed by atoms with E-state index in [1.807, 2.05) is 6.07 Å². The Bertz CT molecular complexity index is 558. The van der Waals surface area contributed by atoms with Crippen LogP contribution in [0.5, 0.6) is 0 Å². The Hall–Kier alpha value is -1.94. The minimum absolute atomic E-state index is 0.245. The van der Waals surface area contributed by atoms with Gasteiger partial charge in [-0.15, -0.1) is 0 Å². The average molecular weight is 263 g/mol. The molecule has 18 heavy (non-hydrogen) atoms. The van der Waals surface area contributed by atoms with Crippen molar-refractivity contribution in [2.24, 2.45) is 0 Å². The molecule has 0 aliphatic heterocycles. The maximum atomic E-state index is 11.8. The van der Waals surface area contributed by atoms with Crippen molar-refractivity contribution in [1.29, 1.82) is 0 Å². The van der Waals surface area contributed by atoms with Crippen molar-refractivity contribution < 1.29 is 9.53 Å². The van der Waals surface area contributed by atoms with E-state index in [9.17, 15) is 4.79 Å². The molecule has 2 aromatic rings. The number of nitrogens with zero attached hydrogens (tertiary/aromatic N) is 2. The third-order valence-corrected chi connectivity index (χ3v) is 2.50. The van der Waals surface area contributed by atoms with Crippen LogP contribution in [0.1, 0.15) is 17.4 Å². The van der Waals surface area contributed by atoms with Crippen LogP contribution < -0.4 is 0 Å². The summed E-state index contributed by atoms with van der Waals surface area (Å²) >= 11 is 5.91. The molecule has 0 atom stereocenters. The lowest BCUT2D eigenvalue weighted by Crippen LogP contribution is -2.09. The van der Waals surface area contributed by atoms with E-state index in [0.717, 1.165) is 5.56 Å². The van der Waals surface area contributed by atoms with Crippen LogP contribution in [0.25, 0.3) is 11.1 Å². The fourth-order valence-electron chi connectivity index (χ4n) is 1.54. The van der Waals surface area contributed by atoms with Crippen LogP contribution >= 0.6 is 11.6 Å². The molecule has 5 heteroatoms. The zero-order chi connectivity index (χ0) is 13.0. The molecule has 0 aliphatic carbocycles. The summed E-state index contributed by atoms with van der Waals surface area (Å²) < 4.78 is 4.97. The highest BCUT2D eigenvalue weighted by atomic mass is 35.5. The van der Waals surface area contributed by atoms with Gasteiger partial charge in [-0.2, -0.15) is 0 Å². The van der Waals surface area contributed by atoms with E-state index in [1.165, 1.54) is 6.20 Å². The molecule has 0 N–H and O–H groups in total. The fourth-order valence-corrected chi connectivity index (χ4v) is 1.70. The first-order valence-corrected chi connectivity index (χ1v) is 5.83. The van der Waals surface area contributed by atoms with Gasteiger partial charge < -0.3 is 4.74 Å². The summed E-state index contributed by atoms with van der Waals surface area (Å²) in [7, 11) is 0. The van der Waals surface area contributed by atoms with Crippen LogP contribution in [0.4, 0.5) is 0 Å². The molecule has 0 saturated carbocycles. The van der Waals surface area contributed by atoms with Gasteiger partial charge in [0.2, 0.25) is 0 Å². The smallest absolute Gasteiger partial charge is 0.357 e. The van der Waals surface area contributed by atoms with Crippen molar-refractivity contribution in [3.63, 3.8) is 0 Å². The van der Waals surface area contributed by atoms with Gasteiger partial charge in [0.1, 0.15) is 0 Å². The number of aromatic nitrogens is 2. The van der Waals surface area contributed by atoms with Crippen LogP contribution in [0, 0.1) is 0 Å². The number of esters is 1. The molecule has 0 spiro atoms. The zero-order valence-electron chi connectivity index (χ0n) is 9.76. The summed E-state index contributed by atoms with van der Waals surface area (Å²) in [6, 6.07) is 5.30. The lowest BCUT2D eigenvalue weighted by molar-refractivity contribution is 0.0520. The van der Waals surface area contributed by atoms with Crippen molar-refractivity contribution in [3.05, 3.63) is 47.5 Å². The molecule has 2 rings (SSSR count). The Morgan fingerprint density at radius 2 is 2.28 bits per heavy atom. The normalized spacial score (nSPS) is 10.1. The minimum atomic E-state index is -0.465. The van der Waals surface area contributed by atoms with Crippen LogP contribution in [-0.2, 0) is 4.74 Å². The maximum absolute atomic E-state index is 11.8. The third kappa shape index (κ3) is 2.65. The lowest BCUT2D eigenvalue weighted by atomic mass is 10.1. The molecule has 0 aliphatic rings. The molecule has 0 saturated heterocycles. The predicted molar refractivity (Wildman–Crippen MR) is 68.4 cm³/mol. The third-order valence-electron chi connectivity index (χ3n) is 2.30. The van der Waals surface area contributed by atoms with Gasteiger partial charge in [-0.1, -0.05) is 17.7 Å². The van der Waals surface area contributed by atoms with Gasteiger partial charge in [-0.05, 0) is 19.1 Å². The summed E-state index contributed by atoms with van der Waals surface area (Å²) in [6.45, 7) is 2.05. The average Bonchev–Trinajstić information content (AvgIpc) is 2.40. The number of halogens is 1. The summed E-state index contributed by atoms with van der Waals surface area (Å²) in [5.74, 6) is -0.465. The zero-order valence-corrected chi connectivity index (χ0v) is 10.5. The van der Waals surface area contributed by atoms with Crippen LogP contribution in [0.3, 0.4) is 0 Å². The first-order valence-electron chi connectivity index (χ1n) is 5.45. The minimum Gasteiger partial charge on any atom is -0.461 e. The molecule has 4 nitrogen and oxygen atoms in total. The molecule has 0 fully saturated rings. The summed E-state index contributed by atoms with van der Waals surface area (Å²) in [4.78, 5) is 19.9. The Labute approximate surface area is 110 Å². The van der Waals surface area contributed by atoms with E-state index in [2.05, 4.69) is 9.97 Å². The highest BCUT2D eigenvalue weighted by Crippen LogP contribution is 2.25. The van der Waals surface area contributed by atoms with Gasteiger partial charge in [-0.25, -0.2) is 9.78 Å². The van der Waals surface area contributed by atoms with Gasteiger partial charge in [-0.3, -0.25) is 4.98 Å². The number of carbonyl (C=O) groups excluding carboxylic acids is 1. The summed E-state index contributed by atoms with van der Waals surface area (Å²) in [5, 5.41) is 0.460. The highest BCUT2D eigenvalue weighted by Gasteiger charge is 2.16. The molecular formula is C13H11ClN2O2. The second-order valence-corrected chi connectivity index (χ2v) is 3.95. The van der Waals surface area contributed by atoms with Crippen LogP contribution in [0.2, 0.25) is 5.02 Å². The monoisotopic (exact) mass is 262 g/mol. The Kier molecular flexibility index (Phi) is 3.89. The topological polar surface area (TPSA) is 52.1 Å². The first kappa shape index (κ1) is 12.5. The largest absolute Gasteiger partial charge is 0.461 e. The van der Waals surface area contributed by atoms with E-state index in [0.29, 0.717) is 17.2 Å². The molecular weight excluding hydrogens is 252 g/mol. The van der Waals surface area contributed by atoms with Crippen LogP contribution in [0.15, 0.2) is 36.8 Å². The van der Waals surface area contributed by atoms with Crippen LogP contribution in [-0.4, -0.2) is 22.5 Å². The molecule has 0 bridgehead atoms. The summed E-state index contributed by atoms with van der Waals surface area (Å²) in [6.07, 6.45) is 4.73. The Morgan fingerprint density at radius 1 is 1.44 bits per heavy atom. The molecule has 0 amide bonds. The molecule has 2 aromatic heterocycles. The second-order valence-electron chi connectivity index (χ2n) is 3.51. The van der Waals surface area contributed by atoms with E-state index in [-0.39, 0.29) is 5.69 Å². The SMILES string of the molecule is CCOC(=O)c1ncc(Cl)cc1-c1cccnc1. The van der Waals surface area contributed by atoms with Gasteiger partial charge in [0.15, 0.2) is 5.69 Å². The quantitative estimate of drug-likeness (QED) is 0.798. The Morgan fingerprint density at radius 3 is 2.94 bits per heavy atom. The molecule has 0 radical (unpaired) electrons. The van der Waals surface area contributed by atoms with Crippen molar-refractivity contribution >= 4 is 17.6 Å². The standard InChI is InChI=1S/C13H11ClN2O2/c1-2-18-13(17)12-11(6-10(14)8-16-12)9-4-3-5-15-7-9/h3-8H,2H2,1H3. The number of rotatable bonds is 3. The van der Waals surface area contributed by atoms with Crippen molar-refractivity contribution in [2.75, 3.05) is 6.61 Å². The molecule has 0 aromatic carbocycles. The number of hydrogen-bond donors (Lipinski definition) is 0. The van der Waals surface area contributed by atoms with Crippen molar-refractivity contribution in [3.8, 4) is 11.1 Å². The lowest BCUT2D eigenvalue weighted by Gasteiger charge is -2.08. The van der Waals surface area contributed by atoms with Gasteiger partial charge in [0.05, 0.1) is 11.6 Å². The number of pyridine rings is 2. The van der Waals surface area contributed by atoms with E-state index < -0.39 is 5.97 Å². The molecule has 0 unspecified atom stereocenters. The second kappa shape index (κ2) is 5.60. The van der Waals surface area contributed by atoms with Crippen molar-refractivity contribution in [1.82, 2.24) is 9.97 Å². The van der Waals surface area contributed by atoms with Gasteiger partial charge in [0, 0.05) is 29.7 Å². The summed E-state index contributed by atoms with van der Waals surface area (Å²) in [5.41, 5.74) is 1.64. The van der Waals surface area contributed by atoms with Gasteiger partial charge >= 0.3 is 5.97 Å². The molecule has 92 valence electrons. The van der Waals surface area contributed by atoms with Gasteiger partial charge in [0.25, 0.3) is 0 Å². The van der Waals surface area contributed by atoms with E-state index >= 15 is 0 Å².